The zero-order valence-corrected chi connectivity index (χ0v) is 12.6. The zero-order valence-electron chi connectivity index (χ0n) is 12.6. The molecular weight excluding hydrogens is 272 g/mol. The number of benzene rings is 1. The molecule has 21 heavy (non-hydrogen) atoms. The summed E-state index contributed by atoms with van der Waals surface area (Å²) < 4.78 is 5.03. The molecule has 0 saturated heterocycles. The van der Waals surface area contributed by atoms with Crippen LogP contribution in [0, 0.1) is 0 Å². The second-order valence-corrected chi connectivity index (χ2v) is 5.46. The van der Waals surface area contributed by atoms with Crippen LogP contribution in [0.3, 0.4) is 0 Å². The van der Waals surface area contributed by atoms with Crippen molar-refractivity contribution in [3.05, 3.63) is 35.4 Å². The fraction of sp³-hybridized carbons (Fsp3) is 0.467. The number of urea groups is 1. The number of carboxylic acid groups (broad SMARTS) is 1. The average Bonchev–Trinajstić information content (AvgIpc) is 2.36. The first-order valence-electron chi connectivity index (χ1n) is 6.67. The lowest BCUT2D eigenvalue weighted by Crippen LogP contribution is -2.50. The first kappa shape index (κ1) is 17.0. The van der Waals surface area contributed by atoms with Gasteiger partial charge in [0.2, 0.25) is 0 Å². The minimum atomic E-state index is -0.895. The van der Waals surface area contributed by atoms with Crippen LogP contribution in [-0.2, 0) is 22.5 Å². The SMILES string of the molecule is COCC(C)(C)NC(=O)NCc1ccccc1CC(=O)O. The highest BCUT2D eigenvalue weighted by Crippen LogP contribution is 2.09. The number of aliphatic carboxylic acids is 1. The lowest BCUT2D eigenvalue weighted by Gasteiger charge is -2.25. The molecular formula is C15H22N2O4. The predicted octanol–water partition coefficient (Wildman–Crippen LogP) is 1.54. The summed E-state index contributed by atoms with van der Waals surface area (Å²) in [6.45, 7) is 4.39. The van der Waals surface area contributed by atoms with Crippen LogP contribution < -0.4 is 10.6 Å². The number of methoxy groups -OCH3 is 1. The molecule has 0 aromatic heterocycles. The molecule has 0 spiro atoms. The van der Waals surface area contributed by atoms with E-state index in [-0.39, 0.29) is 19.0 Å². The summed E-state index contributed by atoms with van der Waals surface area (Å²) in [7, 11) is 1.57. The first-order valence-corrected chi connectivity index (χ1v) is 6.67. The third-order valence-corrected chi connectivity index (χ3v) is 2.86. The number of amides is 2. The van der Waals surface area contributed by atoms with Gasteiger partial charge in [0.05, 0.1) is 18.6 Å². The average molecular weight is 294 g/mol. The van der Waals surface area contributed by atoms with Crippen LogP contribution in [0.2, 0.25) is 0 Å². The van der Waals surface area contributed by atoms with E-state index in [2.05, 4.69) is 10.6 Å². The summed E-state index contributed by atoms with van der Waals surface area (Å²) in [5, 5.41) is 14.4. The number of carbonyl (C=O) groups is 2. The molecule has 0 heterocycles. The van der Waals surface area contributed by atoms with Gasteiger partial charge < -0.3 is 20.5 Å². The summed E-state index contributed by atoms with van der Waals surface area (Å²) in [5.74, 6) is -0.895. The Morgan fingerprint density at radius 3 is 2.43 bits per heavy atom. The maximum atomic E-state index is 11.8. The minimum absolute atomic E-state index is 0.0609. The molecule has 0 unspecified atom stereocenters. The summed E-state index contributed by atoms with van der Waals surface area (Å²) in [4.78, 5) is 22.7. The van der Waals surface area contributed by atoms with Crippen molar-refractivity contribution in [2.45, 2.75) is 32.4 Å². The molecule has 0 atom stereocenters. The zero-order chi connectivity index (χ0) is 15.9. The van der Waals surface area contributed by atoms with E-state index in [4.69, 9.17) is 9.84 Å². The van der Waals surface area contributed by atoms with E-state index < -0.39 is 11.5 Å². The van der Waals surface area contributed by atoms with Crippen molar-refractivity contribution in [3.63, 3.8) is 0 Å². The number of hydrogen-bond donors (Lipinski definition) is 3. The monoisotopic (exact) mass is 294 g/mol. The third kappa shape index (κ3) is 6.27. The van der Waals surface area contributed by atoms with Crippen LogP contribution in [0.4, 0.5) is 4.79 Å². The topological polar surface area (TPSA) is 87.7 Å². The largest absolute Gasteiger partial charge is 0.481 e. The fourth-order valence-electron chi connectivity index (χ4n) is 1.99. The molecule has 1 aromatic rings. The first-order chi connectivity index (χ1) is 9.84. The lowest BCUT2D eigenvalue weighted by atomic mass is 10.0. The van der Waals surface area contributed by atoms with Gasteiger partial charge in [-0.15, -0.1) is 0 Å². The Bertz CT molecular complexity index is 500. The predicted molar refractivity (Wildman–Crippen MR) is 79.1 cm³/mol. The van der Waals surface area contributed by atoms with Crippen molar-refractivity contribution in [2.75, 3.05) is 13.7 Å². The molecule has 0 bridgehead atoms. The number of hydrogen-bond acceptors (Lipinski definition) is 3. The second-order valence-electron chi connectivity index (χ2n) is 5.46. The van der Waals surface area contributed by atoms with E-state index in [0.717, 1.165) is 5.56 Å². The Morgan fingerprint density at radius 2 is 1.86 bits per heavy atom. The van der Waals surface area contributed by atoms with Gasteiger partial charge in [-0.3, -0.25) is 4.79 Å². The van der Waals surface area contributed by atoms with Gasteiger partial charge in [-0.2, -0.15) is 0 Å². The summed E-state index contributed by atoms with van der Waals surface area (Å²) in [5.41, 5.74) is 1.01. The van der Waals surface area contributed by atoms with Gasteiger partial charge in [0.25, 0.3) is 0 Å². The van der Waals surface area contributed by atoms with Crippen LogP contribution in [0.25, 0.3) is 0 Å². The van der Waals surface area contributed by atoms with Gasteiger partial charge in [0, 0.05) is 13.7 Å². The van der Waals surface area contributed by atoms with Crippen LogP contribution in [-0.4, -0.2) is 36.4 Å². The van der Waals surface area contributed by atoms with E-state index in [0.29, 0.717) is 12.2 Å². The van der Waals surface area contributed by atoms with Crippen molar-refractivity contribution in [3.8, 4) is 0 Å². The quantitative estimate of drug-likeness (QED) is 0.712. The smallest absolute Gasteiger partial charge is 0.315 e. The van der Waals surface area contributed by atoms with Crippen molar-refractivity contribution in [1.82, 2.24) is 10.6 Å². The summed E-state index contributed by atoms with van der Waals surface area (Å²) >= 11 is 0. The van der Waals surface area contributed by atoms with Crippen LogP contribution in [0.1, 0.15) is 25.0 Å². The Labute approximate surface area is 124 Å². The molecule has 0 aliphatic heterocycles. The number of ether oxygens (including phenoxy) is 1. The molecule has 0 aliphatic carbocycles. The number of nitrogens with one attached hydrogen (secondary N) is 2. The maximum Gasteiger partial charge on any atom is 0.315 e. The van der Waals surface area contributed by atoms with Gasteiger partial charge in [-0.1, -0.05) is 24.3 Å². The number of rotatable bonds is 7. The number of carbonyl (C=O) groups excluding carboxylic acids is 1. The van der Waals surface area contributed by atoms with E-state index >= 15 is 0 Å². The molecule has 2 amide bonds. The molecule has 3 N–H and O–H groups in total. The van der Waals surface area contributed by atoms with Gasteiger partial charge in [0.1, 0.15) is 0 Å². The Balaban J connectivity index is 2.59. The second kappa shape index (κ2) is 7.64. The normalized spacial score (nSPS) is 11.0. The van der Waals surface area contributed by atoms with Crippen LogP contribution in [0.5, 0.6) is 0 Å². The van der Waals surface area contributed by atoms with Crippen molar-refractivity contribution < 1.29 is 19.4 Å². The van der Waals surface area contributed by atoms with Crippen molar-refractivity contribution in [2.24, 2.45) is 0 Å². The van der Waals surface area contributed by atoms with Crippen LogP contribution in [0.15, 0.2) is 24.3 Å². The molecule has 6 nitrogen and oxygen atoms in total. The molecule has 6 heteroatoms. The summed E-state index contributed by atoms with van der Waals surface area (Å²) in [6.07, 6.45) is -0.0609. The maximum absolute atomic E-state index is 11.8. The summed E-state index contributed by atoms with van der Waals surface area (Å²) in [6, 6.07) is 6.83. The van der Waals surface area contributed by atoms with Gasteiger partial charge in [-0.05, 0) is 25.0 Å². The lowest BCUT2D eigenvalue weighted by molar-refractivity contribution is -0.136. The van der Waals surface area contributed by atoms with E-state index in [1.54, 1.807) is 25.3 Å². The molecule has 0 aliphatic rings. The highest BCUT2D eigenvalue weighted by molar-refractivity contribution is 5.75. The van der Waals surface area contributed by atoms with Gasteiger partial charge in [-0.25, -0.2) is 4.79 Å². The minimum Gasteiger partial charge on any atom is -0.481 e. The van der Waals surface area contributed by atoms with Crippen LogP contribution >= 0.6 is 0 Å². The van der Waals surface area contributed by atoms with Crippen molar-refractivity contribution in [1.29, 1.82) is 0 Å². The fourth-order valence-corrected chi connectivity index (χ4v) is 1.99. The molecule has 1 aromatic carbocycles. The standard InChI is InChI=1S/C15H22N2O4/c1-15(2,10-21-3)17-14(20)16-9-12-7-5-4-6-11(12)8-13(18)19/h4-7H,8-10H2,1-3H3,(H,18,19)(H2,16,17,20). The Kier molecular flexibility index (Phi) is 6.17. The highest BCUT2D eigenvalue weighted by atomic mass is 16.5. The molecule has 116 valence electrons. The van der Waals surface area contributed by atoms with E-state index in [1.807, 2.05) is 19.9 Å². The Hall–Kier alpha value is -2.08. The molecule has 1 rings (SSSR count). The molecule has 0 saturated carbocycles. The van der Waals surface area contributed by atoms with Gasteiger partial charge >= 0.3 is 12.0 Å². The van der Waals surface area contributed by atoms with E-state index in [9.17, 15) is 9.59 Å². The number of carboxylic acids is 1. The third-order valence-electron chi connectivity index (χ3n) is 2.86. The molecule has 0 radical (unpaired) electrons. The van der Waals surface area contributed by atoms with Crippen molar-refractivity contribution >= 4 is 12.0 Å². The van der Waals surface area contributed by atoms with Gasteiger partial charge in [0.15, 0.2) is 0 Å². The Morgan fingerprint density at radius 1 is 1.24 bits per heavy atom. The van der Waals surface area contributed by atoms with E-state index in [1.165, 1.54) is 0 Å². The highest BCUT2D eigenvalue weighted by Gasteiger charge is 2.20. The molecule has 0 fully saturated rings.